The van der Waals surface area contributed by atoms with E-state index in [1.807, 2.05) is 49.4 Å². The summed E-state index contributed by atoms with van der Waals surface area (Å²) in [6, 6.07) is 13.3. The highest BCUT2D eigenvalue weighted by Gasteiger charge is 2.33. The summed E-state index contributed by atoms with van der Waals surface area (Å²) in [7, 11) is 1.61. The maximum atomic E-state index is 12.8. The molecule has 2 heterocycles. The number of nitrogens with zero attached hydrogens (tertiary/aromatic N) is 2. The molecule has 0 saturated carbocycles. The quantitative estimate of drug-likeness (QED) is 0.624. The largest absolute Gasteiger partial charge is 0.496 e. The van der Waals surface area contributed by atoms with Crippen LogP contribution in [0, 0.1) is 6.92 Å². The molecule has 2 aromatic carbocycles. The van der Waals surface area contributed by atoms with Crippen molar-refractivity contribution in [2.24, 2.45) is 0 Å². The highest BCUT2D eigenvalue weighted by molar-refractivity contribution is 6.14. The molecule has 3 amide bonds. The number of ether oxygens (including phenoxy) is 1. The number of hydrogen-bond acceptors (Lipinski definition) is 4. The fraction of sp³-hybridized carbons (Fsp3) is 0.304. The molecule has 0 aliphatic carbocycles. The van der Waals surface area contributed by atoms with E-state index in [-0.39, 0.29) is 18.1 Å². The summed E-state index contributed by atoms with van der Waals surface area (Å²) in [5.41, 5.74) is 4.18. The van der Waals surface area contributed by atoms with Crippen molar-refractivity contribution in [1.82, 2.24) is 10.2 Å². The minimum absolute atomic E-state index is 0.243. The van der Waals surface area contributed by atoms with E-state index in [0.717, 1.165) is 35.5 Å². The zero-order chi connectivity index (χ0) is 20.4. The van der Waals surface area contributed by atoms with Crippen LogP contribution in [-0.2, 0) is 11.3 Å². The van der Waals surface area contributed by atoms with Gasteiger partial charge in [0.1, 0.15) is 11.4 Å². The van der Waals surface area contributed by atoms with Gasteiger partial charge in [-0.2, -0.15) is 0 Å². The van der Waals surface area contributed by atoms with E-state index in [1.165, 1.54) is 17.7 Å². The zero-order valence-corrected chi connectivity index (χ0v) is 16.8. The number of imide groups is 1. The molecule has 0 aromatic heterocycles. The van der Waals surface area contributed by atoms with Crippen LogP contribution in [0.1, 0.15) is 29.5 Å². The van der Waals surface area contributed by atoms with Crippen LogP contribution in [0.5, 0.6) is 5.75 Å². The number of methoxy groups -OCH3 is 1. The molecular formula is C23H25N3O3. The lowest BCUT2D eigenvalue weighted by Crippen LogP contribution is -2.30. The monoisotopic (exact) mass is 391 g/mol. The van der Waals surface area contributed by atoms with Gasteiger partial charge in [0.15, 0.2) is 0 Å². The van der Waals surface area contributed by atoms with Gasteiger partial charge in [-0.25, -0.2) is 4.79 Å². The van der Waals surface area contributed by atoms with Gasteiger partial charge in [0, 0.05) is 30.4 Å². The molecule has 2 aliphatic rings. The Morgan fingerprint density at radius 2 is 1.79 bits per heavy atom. The van der Waals surface area contributed by atoms with E-state index < -0.39 is 6.03 Å². The number of rotatable bonds is 5. The normalized spacial score (nSPS) is 17.9. The van der Waals surface area contributed by atoms with E-state index in [1.54, 1.807) is 13.2 Å². The molecule has 1 N–H and O–H groups in total. The molecule has 2 aliphatic heterocycles. The first-order chi connectivity index (χ1) is 14.0. The number of hydrogen-bond donors (Lipinski definition) is 1. The summed E-state index contributed by atoms with van der Waals surface area (Å²) in [6.45, 7) is 4.34. The van der Waals surface area contributed by atoms with Crippen molar-refractivity contribution in [3.8, 4) is 5.75 Å². The molecule has 0 atom stereocenters. The predicted molar refractivity (Wildman–Crippen MR) is 113 cm³/mol. The number of benzene rings is 2. The number of nitrogens with one attached hydrogen (secondary N) is 1. The Morgan fingerprint density at radius 3 is 2.48 bits per heavy atom. The molecule has 2 saturated heterocycles. The van der Waals surface area contributed by atoms with Crippen molar-refractivity contribution < 1.29 is 14.3 Å². The average Bonchev–Trinajstić information content (AvgIpc) is 3.35. The Labute approximate surface area is 170 Å². The number of amides is 3. The summed E-state index contributed by atoms with van der Waals surface area (Å²) in [4.78, 5) is 28.7. The van der Waals surface area contributed by atoms with Gasteiger partial charge >= 0.3 is 6.03 Å². The molecule has 6 nitrogen and oxygen atoms in total. The lowest BCUT2D eigenvalue weighted by atomic mass is 10.1. The van der Waals surface area contributed by atoms with Crippen molar-refractivity contribution >= 4 is 23.7 Å². The number of carbonyl (C=O) groups is 2. The standard InChI is InChI=1S/C23H25N3O3/c1-16-5-7-17(8-6-16)15-26-22(27)20(24-23(26)28)13-18-9-10-19(14-21(18)29-2)25-11-3-4-12-25/h5-10,13-14H,3-4,11-12,15H2,1-2H3,(H,24,28)/b20-13+. The minimum Gasteiger partial charge on any atom is -0.496 e. The first-order valence-electron chi connectivity index (χ1n) is 9.88. The summed E-state index contributed by atoms with van der Waals surface area (Å²) >= 11 is 0. The lowest BCUT2D eigenvalue weighted by molar-refractivity contribution is -0.123. The van der Waals surface area contributed by atoms with Crippen LogP contribution in [0.2, 0.25) is 0 Å². The Kier molecular flexibility index (Phi) is 5.25. The second-order valence-electron chi connectivity index (χ2n) is 7.49. The molecule has 150 valence electrons. The zero-order valence-electron chi connectivity index (χ0n) is 16.8. The molecule has 4 rings (SSSR count). The average molecular weight is 391 g/mol. The highest BCUT2D eigenvalue weighted by Crippen LogP contribution is 2.30. The van der Waals surface area contributed by atoms with Gasteiger partial charge in [-0.15, -0.1) is 0 Å². The van der Waals surface area contributed by atoms with Crippen LogP contribution >= 0.6 is 0 Å². The minimum atomic E-state index is -0.408. The Morgan fingerprint density at radius 1 is 1.07 bits per heavy atom. The van der Waals surface area contributed by atoms with E-state index in [0.29, 0.717) is 5.75 Å². The fourth-order valence-corrected chi connectivity index (χ4v) is 3.74. The number of anilines is 1. The molecular weight excluding hydrogens is 366 g/mol. The predicted octanol–water partition coefficient (Wildman–Crippen LogP) is 3.70. The van der Waals surface area contributed by atoms with Gasteiger partial charge in [-0.05, 0) is 43.5 Å². The number of aryl methyl sites for hydroxylation is 1. The number of carbonyl (C=O) groups excluding carboxylic acids is 2. The topological polar surface area (TPSA) is 61.9 Å². The number of urea groups is 1. The SMILES string of the molecule is COc1cc(N2CCCC2)ccc1/C=C1/NC(=O)N(Cc2ccc(C)cc2)C1=O. The maximum Gasteiger partial charge on any atom is 0.329 e. The summed E-state index contributed by atoms with van der Waals surface area (Å²) in [5, 5.41) is 2.69. The van der Waals surface area contributed by atoms with Crippen LogP contribution in [0.25, 0.3) is 6.08 Å². The smallest absolute Gasteiger partial charge is 0.329 e. The molecule has 6 heteroatoms. The third kappa shape index (κ3) is 3.97. The van der Waals surface area contributed by atoms with E-state index in [2.05, 4.69) is 10.2 Å². The van der Waals surface area contributed by atoms with Gasteiger partial charge in [-0.3, -0.25) is 9.69 Å². The highest BCUT2D eigenvalue weighted by atomic mass is 16.5. The van der Waals surface area contributed by atoms with Crippen molar-refractivity contribution in [2.75, 3.05) is 25.1 Å². The lowest BCUT2D eigenvalue weighted by Gasteiger charge is -2.19. The molecule has 0 radical (unpaired) electrons. The summed E-state index contributed by atoms with van der Waals surface area (Å²) in [5.74, 6) is 0.349. The van der Waals surface area contributed by atoms with E-state index >= 15 is 0 Å². The summed E-state index contributed by atoms with van der Waals surface area (Å²) in [6.07, 6.45) is 4.08. The Balaban J connectivity index is 1.55. The maximum absolute atomic E-state index is 12.8. The first-order valence-corrected chi connectivity index (χ1v) is 9.88. The molecule has 2 fully saturated rings. The van der Waals surface area contributed by atoms with Gasteiger partial charge in [-0.1, -0.05) is 29.8 Å². The van der Waals surface area contributed by atoms with Crippen molar-refractivity contribution in [2.45, 2.75) is 26.3 Å². The van der Waals surface area contributed by atoms with Gasteiger partial charge in [0.25, 0.3) is 5.91 Å². The molecule has 0 spiro atoms. The van der Waals surface area contributed by atoms with Crippen molar-refractivity contribution in [3.63, 3.8) is 0 Å². The van der Waals surface area contributed by atoms with Crippen LogP contribution in [0.4, 0.5) is 10.5 Å². The molecule has 2 aromatic rings. The van der Waals surface area contributed by atoms with E-state index in [4.69, 9.17) is 4.74 Å². The first kappa shape index (κ1) is 19.1. The Hall–Kier alpha value is -3.28. The van der Waals surface area contributed by atoms with E-state index in [9.17, 15) is 9.59 Å². The van der Waals surface area contributed by atoms with Crippen LogP contribution in [0.3, 0.4) is 0 Å². The van der Waals surface area contributed by atoms with Crippen LogP contribution in [0.15, 0.2) is 48.2 Å². The Bertz CT molecular complexity index is 960. The van der Waals surface area contributed by atoms with Crippen molar-refractivity contribution in [3.05, 3.63) is 64.9 Å². The molecule has 0 bridgehead atoms. The van der Waals surface area contributed by atoms with Crippen LogP contribution < -0.4 is 15.0 Å². The second-order valence-corrected chi connectivity index (χ2v) is 7.49. The second kappa shape index (κ2) is 7.99. The molecule has 0 unspecified atom stereocenters. The fourth-order valence-electron chi connectivity index (χ4n) is 3.74. The van der Waals surface area contributed by atoms with Crippen LogP contribution in [-0.4, -0.2) is 37.0 Å². The third-order valence-corrected chi connectivity index (χ3v) is 5.41. The van der Waals surface area contributed by atoms with Gasteiger partial charge < -0.3 is 15.0 Å². The third-order valence-electron chi connectivity index (χ3n) is 5.41. The van der Waals surface area contributed by atoms with Gasteiger partial charge in [0.05, 0.1) is 13.7 Å². The summed E-state index contributed by atoms with van der Waals surface area (Å²) < 4.78 is 5.54. The van der Waals surface area contributed by atoms with Gasteiger partial charge in [0.2, 0.25) is 0 Å². The van der Waals surface area contributed by atoms with Crippen molar-refractivity contribution in [1.29, 1.82) is 0 Å². The molecule has 29 heavy (non-hydrogen) atoms.